The second-order valence-corrected chi connectivity index (χ2v) is 5.45. The van der Waals surface area contributed by atoms with Crippen molar-refractivity contribution < 1.29 is 9.18 Å². The Balaban J connectivity index is 1.52. The first-order valence-corrected chi connectivity index (χ1v) is 7.85. The molecule has 0 radical (unpaired) electrons. The van der Waals surface area contributed by atoms with E-state index in [-0.39, 0.29) is 17.4 Å². The molecule has 5 nitrogen and oxygen atoms in total. The number of nitrogens with zero attached hydrogens (tertiary/aromatic N) is 2. The Hall–Kier alpha value is -3.28. The summed E-state index contributed by atoms with van der Waals surface area (Å²) in [5, 5.41) is 13.8. The third kappa shape index (κ3) is 4.84. The molecule has 0 atom stereocenters. The quantitative estimate of drug-likeness (QED) is 0.726. The zero-order valence-corrected chi connectivity index (χ0v) is 13.4. The lowest BCUT2D eigenvalue weighted by Crippen LogP contribution is -2.24. The Bertz CT molecular complexity index is 820. The summed E-state index contributed by atoms with van der Waals surface area (Å²) in [4.78, 5) is 12.1. The van der Waals surface area contributed by atoms with Gasteiger partial charge in [0.15, 0.2) is 5.69 Å². The van der Waals surface area contributed by atoms with Crippen LogP contribution in [0.3, 0.4) is 0 Å². The number of benzene rings is 2. The van der Waals surface area contributed by atoms with Gasteiger partial charge in [0.25, 0.3) is 5.91 Å². The number of amides is 1. The van der Waals surface area contributed by atoms with Crippen molar-refractivity contribution in [3.05, 3.63) is 89.4 Å². The van der Waals surface area contributed by atoms with Crippen LogP contribution in [-0.4, -0.2) is 16.1 Å². The molecule has 0 aliphatic carbocycles. The van der Waals surface area contributed by atoms with E-state index in [1.165, 1.54) is 12.1 Å². The molecule has 1 heterocycles. The first kappa shape index (κ1) is 16.6. The maximum Gasteiger partial charge on any atom is 0.272 e. The summed E-state index contributed by atoms with van der Waals surface area (Å²) in [6, 6.07) is 19.2. The number of rotatable bonds is 6. The number of nitrogens with one attached hydrogen (secondary N) is 2. The van der Waals surface area contributed by atoms with Crippen LogP contribution in [0, 0.1) is 5.82 Å². The van der Waals surface area contributed by atoms with Crippen molar-refractivity contribution in [1.82, 2.24) is 15.5 Å². The molecule has 0 saturated heterocycles. The fraction of sp³-hybridized carbons (Fsp3) is 0.105. The smallest absolute Gasteiger partial charge is 0.272 e. The fourth-order valence-corrected chi connectivity index (χ4v) is 2.21. The van der Waals surface area contributed by atoms with Crippen LogP contribution in [0.15, 0.2) is 66.7 Å². The number of anilines is 1. The molecule has 2 N–H and O–H groups in total. The van der Waals surface area contributed by atoms with Gasteiger partial charge >= 0.3 is 0 Å². The number of hydrogen-bond acceptors (Lipinski definition) is 4. The van der Waals surface area contributed by atoms with E-state index in [0.717, 1.165) is 11.1 Å². The van der Waals surface area contributed by atoms with Gasteiger partial charge in [0.05, 0.1) is 0 Å². The fourth-order valence-electron chi connectivity index (χ4n) is 2.21. The first-order chi connectivity index (χ1) is 12.2. The van der Waals surface area contributed by atoms with E-state index in [0.29, 0.717) is 18.9 Å². The highest BCUT2D eigenvalue weighted by Crippen LogP contribution is 2.07. The third-order valence-corrected chi connectivity index (χ3v) is 3.58. The largest absolute Gasteiger partial charge is 0.365 e. The second-order valence-electron chi connectivity index (χ2n) is 5.45. The van der Waals surface area contributed by atoms with Gasteiger partial charge in [0.2, 0.25) is 0 Å². The molecule has 126 valence electrons. The summed E-state index contributed by atoms with van der Waals surface area (Å²) in [6.45, 7) is 0.931. The van der Waals surface area contributed by atoms with Crippen LogP contribution in [0.25, 0.3) is 0 Å². The Morgan fingerprint density at radius 1 is 0.840 bits per heavy atom. The predicted molar refractivity (Wildman–Crippen MR) is 93.4 cm³/mol. The van der Waals surface area contributed by atoms with Crippen LogP contribution in [0.5, 0.6) is 0 Å². The molecule has 6 heteroatoms. The maximum atomic E-state index is 12.8. The summed E-state index contributed by atoms with van der Waals surface area (Å²) in [5.41, 5.74) is 2.17. The molecular weight excluding hydrogens is 319 g/mol. The number of halogens is 1. The highest BCUT2D eigenvalue weighted by molar-refractivity contribution is 5.92. The van der Waals surface area contributed by atoms with Gasteiger partial charge in [-0.3, -0.25) is 4.79 Å². The number of carbonyl (C=O) groups excluding carboxylic acids is 1. The molecule has 25 heavy (non-hydrogen) atoms. The van der Waals surface area contributed by atoms with E-state index in [9.17, 15) is 9.18 Å². The molecule has 3 rings (SSSR count). The van der Waals surface area contributed by atoms with Gasteiger partial charge < -0.3 is 10.6 Å². The number of carbonyl (C=O) groups is 1. The lowest BCUT2D eigenvalue weighted by molar-refractivity contribution is 0.0945. The zero-order valence-electron chi connectivity index (χ0n) is 13.4. The number of aromatic nitrogens is 2. The van der Waals surface area contributed by atoms with Gasteiger partial charge in [-0.2, -0.15) is 0 Å². The molecule has 1 amide bonds. The van der Waals surface area contributed by atoms with Crippen molar-refractivity contribution >= 4 is 11.7 Å². The minimum Gasteiger partial charge on any atom is -0.365 e. The van der Waals surface area contributed by atoms with Crippen LogP contribution in [0.2, 0.25) is 0 Å². The standard InChI is InChI=1S/C19H17FN4O/c20-16-8-6-15(7-9-16)13-22-19(25)17-10-11-18(24-23-17)21-12-14-4-2-1-3-5-14/h1-11H,12-13H2,(H,21,24)(H,22,25). The van der Waals surface area contributed by atoms with Crippen LogP contribution in [0.4, 0.5) is 10.2 Å². The summed E-state index contributed by atoms with van der Waals surface area (Å²) >= 11 is 0. The first-order valence-electron chi connectivity index (χ1n) is 7.85. The molecule has 0 aliphatic rings. The van der Waals surface area contributed by atoms with Crippen molar-refractivity contribution in [2.45, 2.75) is 13.1 Å². The van der Waals surface area contributed by atoms with E-state index in [1.54, 1.807) is 24.3 Å². The maximum absolute atomic E-state index is 12.8. The Labute approximate surface area is 144 Å². The SMILES string of the molecule is O=C(NCc1ccc(F)cc1)c1ccc(NCc2ccccc2)nn1. The molecule has 3 aromatic rings. The minimum atomic E-state index is -0.327. The van der Waals surface area contributed by atoms with E-state index < -0.39 is 0 Å². The van der Waals surface area contributed by atoms with Crippen molar-refractivity contribution in [2.24, 2.45) is 0 Å². The van der Waals surface area contributed by atoms with Gasteiger partial charge in [0.1, 0.15) is 11.6 Å². The van der Waals surface area contributed by atoms with Gasteiger partial charge in [-0.15, -0.1) is 10.2 Å². The summed E-state index contributed by atoms with van der Waals surface area (Å²) in [7, 11) is 0. The summed E-state index contributed by atoms with van der Waals surface area (Å²) < 4.78 is 12.8. The van der Waals surface area contributed by atoms with Gasteiger partial charge in [-0.25, -0.2) is 4.39 Å². The monoisotopic (exact) mass is 336 g/mol. The average molecular weight is 336 g/mol. The zero-order chi connectivity index (χ0) is 17.5. The molecule has 0 bridgehead atoms. The van der Waals surface area contributed by atoms with E-state index in [4.69, 9.17) is 0 Å². The molecule has 0 unspecified atom stereocenters. The molecule has 0 spiro atoms. The van der Waals surface area contributed by atoms with Crippen molar-refractivity contribution in [2.75, 3.05) is 5.32 Å². The van der Waals surface area contributed by atoms with E-state index in [1.807, 2.05) is 30.3 Å². The van der Waals surface area contributed by atoms with E-state index in [2.05, 4.69) is 20.8 Å². The van der Waals surface area contributed by atoms with Crippen molar-refractivity contribution in [3.8, 4) is 0 Å². The van der Waals surface area contributed by atoms with Crippen LogP contribution in [0.1, 0.15) is 21.6 Å². The molecule has 0 aliphatic heterocycles. The van der Waals surface area contributed by atoms with Gasteiger partial charge in [-0.1, -0.05) is 42.5 Å². The Morgan fingerprint density at radius 2 is 1.56 bits per heavy atom. The van der Waals surface area contributed by atoms with Crippen LogP contribution >= 0.6 is 0 Å². The molecule has 1 aromatic heterocycles. The highest BCUT2D eigenvalue weighted by Gasteiger charge is 2.08. The second kappa shape index (κ2) is 8.01. The predicted octanol–water partition coefficient (Wildman–Crippen LogP) is 3.16. The van der Waals surface area contributed by atoms with Crippen LogP contribution in [-0.2, 0) is 13.1 Å². The lowest BCUT2D eigenvalue weighted by Gasteiger charge is -2.07. The molecule has 0 fully saturated rings. The summed E-state index contributed by atoms with van der Waals surface area (Å²) in [6.07, 6.45) is 0. The van der Waals surface area contributed by atoms with Crippen molar-refractivity contribution in [1.29, 1.82) is 0 Å². The van der Waals surface area contributed by atoms with Gasteiger partial charge in [-0.05, 0) is 35.4 Å². The normalized spacial score (nSPS) is 10.3. The Kier molecular flexibility index (Phi) is 5.31. The lowest BCUT2D eigenvalue weighted by atomic mass is 10.2. The average Bonchev–Trinajstić information content (AvgIpc) is 2.67. The van der Waals surface area contributed by atoms with Gasteiger partial charge in [0, 0.05) is 13.1 Å². The Morgan fingerprint density at radius 3 is 2.24 bits per heavy atom. The van der Waals surface area contributed by atoms with E-state index >= 15 is 0 Å². The highest BCUT2D eigenvalue weighted by atomic mass is 19.1. The molecule has 0 saturated carbocycles. The minimum absolute atomic E-state index is 0.229. The topological polar surface area (TPSA) is 66.9 Å². The number of hydrogen-bond donors (Lipinski definition) is 2. The molecular formula is C19H17FN4O. The third-order valence-electron chi connectivity index (χ3n) is 3.58. The summed E-state index contributed by atoms with van der Waals surface area (Å²) in [5.74, 6) is -0.0371. The van der Waals surface area contributed by atoms with Crippen LogP contribution < -0.4 is 10.6 Å². The van der Waals surface area contributed by atoms with Crippen molar-refractivity contribution in [3.63, 3.8) is 0 Å². The molecule has 2 aromatic carbocycles.